The number of carbonyl (C=O) groups excluding carboxylic acids is 1. The number of fused-ring (bicyclic) bond motifs is 2. The molecule has 4 aromatic heterocycles. The fraction of sp³-hybridized carbons (Fsp3) is 0.107. The van der Waals surface area contributed by atoms with Crippen molar-refractivity contribution in [1.29, 1.82) is 0 Å². The van der Waals surface area contributed by atoms with Crippen molar-refractivity contribution in [1.82, 2.24) is 44.5 Å². The number of aryl methyl sites for hydroxylation is 1. The van der Waals surface area contributed by atoms with Crippen molar-refractivity contribution < 1.29 is 4.79 Å². The Bertz CT molecular complexity index is 2030. The Labute approximate surface area is 227 Å². The van der Waals surface area contributed by atoms with Gasteiger partial charge in [-0.1, -0.05) is 36.1 Å². The van der Waals surface area contributed by atoms with Crippen LogP contribution in [-0.2, 0) is 7.05 Å². The number of nitrogen functional groups attached to an aromatic ring is 1. The van der Waals surface area contributed by atoms with Gasteiger partial charge in [-0.25, -0.2) is 9.97 Å². The molecule has 0 aliphatic heterocycles. The van der Waals surface area contributed by atoms with E-state index < -0.39 is 11.9 Å². The summed E-state index contributed by atoms with van der Waals surface area (Å²) < 4.78 is 4.34. The number of aromatic nitrogens is 8. The van der Waals surface area contributed by atoms with Crippen molar-refractivity contribution in [2.45, 2.75) is 13.0 Å². The first-order valence-corrected chi connectivity index (χ1v) is 12.3. The highest BCUT2D eigenvalue weighted by molar-refractivity contribution is 6.04. The molecule has 0 radical (unpaired) electrons. The van der Waals surface area contributed by atoms with E-state index in [4.69, 9.17) is 10.7 Å². The molecule has 3 N–H and O–H groups in total. The van der Waals surface area contributed by atoms with Crippen LogP contribution in [0.3, 0.4) is 0 Å². The number of para-hydroxylation sites is 1. The lowest BCUT2D eigenvalue weighted by Crippen LogP contribution is -2.33. The lowest BCUT2D eigenvalue weighted by molar-refractivity contribution is 0.0940. The Balaban J connectivity index is 1.48. The van der Waals surface area contributed by atoms with Crippen LogP contribution in [0.4, 0.5) is 5.82 Å². The minimum Gasteiger partial charge on any atom is -0.381 e. The summed E-state index contributed by atoms with van der Waals surface area (Å²) in [6, 6.07) is 13.7. The summed E-state index contributed by atoms with van der Waals surface area (Å²) in [5, 5.41) is 15.5. The molecular formula is C28H22N10O2. The smallest absolute Gasteiger partial charge is 0.267 e. The van der Waals surface area contributed by atoms with Gasteiger partial charge in [0, 0.05) is 25.0 Å². The highest BCUT2D eigenvalue weighted by Gasteiger charge is 2.25. The van der Waals surface area contributed by atoms with E-state index in [1.807, 2.05) is 25.2 Å². The van der Waals surface area contributed by atoms with Crippen LogP contribution >= 0.6 is 0 Å². The number of amides is 1. The molecule has 0 bridgehead atoms. The molecule has 0 saturated heterocycles. The molecular weight excluding hydrogens is 508 g/mol. The molecule has 0 aliphatic carbocycles. The monoisotopic (exact) mass is 530 g/mol. The first-order chi connectivity index (χ1) is 19.4. The number of nitrogens with zero attached hydrogens (tertiary/aromatic N) is 8. The molecule has 0 spiro atoms. The number of anilines is 1. The molecule has 6 rings (SSSR count). The molecule has 6 aromatic rings. The maximum Gasteiger partial charge on any atom is 0.267 e. The Morgan fingerprint density at radius 2 is 1.88 bits per heavy atom. The summed E-state index contributed by atoms with van der Waals surface area (Å²) >= 11 is 0. The topological polar surface area (TPSA) is 151 Å². The fourth-order valence-electron chi connectivity index (χ4n) is 4.45. The number of hydrogen-bond acceptors (Lipinski definition) is 8. The van der Waals surface area contributed by atoms with Gasteiger partial charge in [0.25, 0.3) is 11.5 Å². The minimum absolute atomic E-state index is 0.0142. The van der Waals surface area contributed by atoms with Gasteiger partial charge in [-0.05, 0) is 31.2 Å². The van der Waals surface area contributed by atoms with Crippen molar-refractivity contribution in [2.75, 3.05) is 5.73 Å². The molecule has 0 aliphatic rings. The van der Waals surface area contributed by atoms with Crippen LogP contribution in [-0.4, -0.2) is 45.1 Å². The Hall–Kier alpha value is -5.83. The third-order valence-electron chi connectivity index (χ3n) is 6.26. The van der Waals surface area contributed by atoms with Crippen LogP contribution in [0, 0.1) is 11.8 Å². The van der Waals surface area contributed by atoms with Crippen LogP contribution < -0.4 is 16.6 Å². The Morgan fingerprint density at radius 3 is 2.65 bits per heavy atom. The Morgan fingerprint density at radius 1 is 1.05 bits per heavy atom. The minimum atomic E-state index is -0.707. The maximum atomic E-state index is 14.1. The summed E-state index contributed by atoms with van der Waals surface area (Å²) in [6.07, 6.45) is 6.34. The third kappa shape index (κ3) is 4.31. The number of hydrogen-bond donors (Lipinski definition) is 2. The van der Waals surface area contributed by atoms with Crippen LogP contribution in [0.25, 0.3) is 22.2 Å². The van der Waals surface area contributed by atoms with E-state index in [-0.39, 0.29) is 22.6 Å². The first kappa shape index (κ1) is 24.5. The standard InChI is InChI=1S/C28H22N10O2/c1-17(33-27(39)23-24(29)35-38-26(23)30-13-14-31-38)25-34-21-10-6-7-19(12-11-18-15-32-36(2)16-18)22(21)28(40)37(25)20-8-4-3-5-9-20/h3-10,13-17H,1-2H3,(H2,29,35)(H,33,39)/t17-/m0/s1. The van der Waals surface area contributed by atoms with Gasteiger partial charge < -0.3 is 11.1 Å². The molecule has 1 atom stereocenters. The average Bonchev–Trinajstić information content (AvgIpc) is 3.53. The predicted molar refractivity (Wildman–Crippen MR) is 148 cm³/mol. The normalized spacial score (nSPS) is 11.8. The quantitative estimate of drug-likeness (QED) is 0.329. The largest absolute Gasteiger partial charge is 0.381 e. The molecule has 12 nitrogen and oxygen atoms in total. The van der Waals surface area contributed by atoms with Crippen LogP contribution in [0.2, 0.25) is 0 Å². The summed E-state index contributed by atoms with van der Waals surface area (Å²) in [5.41, 5.74) is 8.30. The number of nitrogens with two attached hydrogens (primary N) is 1. The molecule has 0 saturated carbocycles. The molecule has 12 heteroatoms. The van der Waals surface area contributed by atoms with Gasteiger partial charge >= 0.3 is 0 Å². The average molecular weight is 531 g/mol. The Kier molecular flexibility index (Phi) is 6.01. The van der Waals surface area contributed by atoms with Gasteiger partial charge in [0.2, 0.25) is 0 Å². The van der Waals surface area contributed by atoms with Crippen molar-refractivity contribution in [3.05, 3.63) is 106 Å². The summed E-state index contributed by atoms with van der Waals surface area (Å²) in [5.74, 6) is 5.95. The van der Waals surface area contributed by atoms with Crippen molar-refractivity contribution >= 4 is 28.3 Å². The van der Waals surface area contributed by atoms with Crippen LogP contribution in [0.1, 0.15) is 40.3 Å². The second-order valence-electron chi connectivity index (χ2n) is 9.01. The predicted octanol–water partition coefficient (Wildman–Crippen LogP) is 2.03. The zero-order valence-corrected chi connectivity index (χ0v) is 21.5. The van der Waals surface area contributed by atoms with E-state index in [0.29, 0.717) is 28.0 Å². The number of benzene rings is 2. The van der Waals surface area contributed by atoms with Crippen LogP contribution in [0.5, 0.6) is 0 Å². The molecule has 40 heavy (non-hydrogen) atoms. The second kappa shape index (κ2) is 9.80. The highest BCUT2D eigenvalue weighted by Crippen LogP contribution is 2.22. The van der Waals surface area contributed by atoms with E-state index in [0.717, 1.165) is 5.56 Å². The summed E-state index contributed by atoms with van der Waals surface area (Å²) in [4.78, 5) is 36.5. The van der Waals surface area contributed by atoms with Gasteiger partial charge in [0.1, 0.15) is 11.4 Å². The SMILES string of the molecule is C[C@H](NC(=O)c1c(N)nn2nccnc12)c1nc2cccc(C#Cc3cnn(C)c3)c2c(=O)n1-c1ccccc1. The van der Waals surface area contributed by atoms with Crippen molar-refractivity contribution in [3.8, 4) is 17.5 Å². The van der Waals surface area contributed by atoms with E-state index >= 15 is 0 Å². The van der Waals surface area contributed by atoms with E-state index in [2.05, 4.69) is 37.4 Å². The number of rotatable bonds is 4. The summed E-state index contributed by atoms with van der Waals surface area (Å²) in [6.45, 7) is 1.74. The van der Waals surface area contributed by atoms with Gasteiger partial charge in [0.15, 0.2) is 11.5 Å². The van der Waals surface area contributed by atoms with Crippen LogP contribution in [0.15, 0.2) is 78.1 Å². The lowest BCUT2D eigenvalue weighted by atomic mass is 10.1. The highest BCUT2D eigenvalue weighted by atomic mass is 16.2. The molecule has 4 heterocycles. The van der Waals surface area contributed by atoms with E-state index in [9.17, 15) is 9.59 Å². The first-order valence-electron chi connectivity index (χ1n) is 12.3. The molecule has 1 amide bonds. The molecule has 0 unspecified atom stereocenters. The number of nitrogens with one attached hydrogen (secondary N) is 1. The zero-order valence-electron chi connectivity index (χ0n) is 21.5. The maximum absolute atomic E-state index is 14.1. The zero-order chi connectivity index (χ0) is 27.8. The van der Waals surface area contributed by atoms with Gasteiger partial charge in [-0.2, -0.15) is 10.2 Å². The number of carbonyl (C=O) groups is 1. The van der Waals surface area contributed by atoms with Gasteiger partial charge in [-0.3, -0.25) is 18.8 Å². The van der Waals surface area contributed by atoms with Gasteiger partial charge in [0.05, 0.1) is 40.6 Å². The molecule has 196 valence electrons. The second-order valence-corrected chi connectivity index (χ2v) is 9.01. The lowest BCUT2D eigenvalue weighted by Gasteiger charge is -2.20. The van der Waals surface area contributed by atoms with E-state index in [1.54, 1.807) is 54.3 Å². The van der Waals surface area contributed by atoms with Gasteiger partial charge in [-0.15, -0.1) is 9.73 Å². The molecule has 0 fully saturated rings. The van der Waals surface area contributed by atoms with Crippen molar-refractivity contribution in [3.63, 3.8) is 0 Å². The van der Waals surface area contributed by atoms with E-state index in [1.165, 1.54) is 21.6 Å². The van der Waals surface area contributed by atoms with Crippen molar-refractivity contribution in [2.24, 2.45) is 7.05 Å². The molecule has 2 aromatic carbocycles. The third-order valence-corrected chi connectivity index (χ3v) is 6.26. The fourth-order valence-corrected chi connectivity index (χ4v) is 4.45. The summed E-state index contributed by atoms with van der Waals surface area (Å²) in [7, 11) is 1.81.